The second kappa shape index (κ2) is 8.20. The van der Waals surface area contributed by atoms with Crippen LogP contribution in [0, 0.1) is 6.92 Å². The van der Waals surface area contributed by atoms with E-state index in [0.29, 0.717) is 0 Å². The second-order valence-corrected chi connectivity index (χ2v) is 6.46. The van der Waals surface area contributed by atoms with Gasteiger partial charge in [-0.15, -0.1) is 0 Å². The summed E-state index contributed by atoms with van der Waals surface area (Å²) in [6.45, 7) is 10.9. The number of piperazine rings is 1. The van der Waals surface area contributed by atoms with Crippen LogP contribution in [0.4, 0.5) is 5.69 Å². The van der Waals surface area contributed by atoms with Crippen molar-refractivity contribution in [2.45, 2.75) is 19.8 Å². The number of nitrogens with one attached hydrogen (secondary N) is 2. The van der Waals surface area contributed by atoms with Crippen LogP contribution < -0.4 is 15.5 Å². The highest BCUT2D eigenvalue weighted by molar-refractivity contribution is 5.80. The molecule has 0 unspecified atom stereocenters. The molecule has 0 aromatic heterocycles. The number of anilines is 1. The number of guanidine groups is 1. The highest BCUT2D eigenvalue weighted by Gasteiger charge is 2.16. The molecule has 1 saturated heterocycles. The van der Waals surface area contributed by atoms with Gasteiger partial charge in [0.15, 0.2) is 5.96 Å². The molecule has 126 valence electrons. The molecule has 1 aromatic rings. The van der Waals surface area contributed by atoms with E-state index < -0.39 is 0 Å². The van der Waals surface area contributed by atoms with Crippen LogP contribution >= 0.6 is 0 Å². The Kier molecular flexibility index (Phi) is 5.75. The smallest absolute Gasteiger partial charge is 0.191 e. The van der Waals surface area contributed by atoms with Crippen LogP contribution in [0.5, 0.6) is 0 Å². The molecular formula is C18H29N5. The van der Waals surface area contributed by atoms with Crippen molar-refractivity contribution in [3.05, 3.63) is 29.8 Å². The van der Waals surface area contributed by atoms with E-state index in [1.54, 1.807) is 0 Å². The fourth-order valence-corrected chi connectivity index (χ4v) is 3.21. The van der Waals surface area contributed by atoms with Crippen LogP contribution in [0.25, 0.3) is 0 Å². The summed E-state index contributed by atoms with van der Waals surface area (Å²) in [6, 6.07) is 8.84. The number of nitrogens with zero attached hydrogens (tertiary/aromatic N) is 3. The summed E-state index contributed by atoms with van der Waals surface area (Å²) in [5.41, 5.74) is 2.71. The van der Waals surface area contributed by atoms with Crippen LogP contribution in [-0.4, -0.2) is 63.2 Å². The summed E-state index contributed by atoms with van der Waals surface area (Å²) in [6.07, 6.45) is 2.32. The maximum atomic E-state index is 4.44. The molecule has 0 saturated carbocycles. The lowest BCUT2D eigenvalue weighted by Crippen LogP contribution is -2.47. The van der Waals surface area contributed by atoms with E-state index in [9.17, 15) is 0 Å². The van der Waals surface area contributed by atoms with Crippen LogP contribution in [0.15, 0.2) is 29.3 Å². The predicted molar refractivity (Wildman–Crippen MR) is 97.4 cm³/mol. The summed E-state index contributed by atoms with van der Waals surface area (Å²) in [5, 5.41) is 6.71. The molecule has 2 N–H and O–H groups in total. The van der Waals surface area contributed by atoms with Gasteiger partial charge in [-0.25, -0.2) is 0 Å². The molecular weight excluding hydrogens is 286 g/mol. The minimum absolute atomic E-state index is 0.955. The van der Waals surface area contributed by atoms with Crippen molar-refractivity contribution in [3.63, 3.8) is 0 Å². The van der Waals surface area contributed by atoms with Gasteiger partial charge < -0.3 is 15.5 Å². The SMILES string of the molecule is Cc1cccc(N2CCN(CCCNC3=NCCCN3)CC2)c1. The molecule has 5 heteroatoms. The molecule has 2 aliphatic heterocycles. The predicted octanol–water partition coefficient (Wildman–Crippen LogP) is 1.45. The standard InChI is InChI=1S/C18H29N5/c1-16-5-2-6-17(15-16)23-13-11-22(12-14-23)10-4-9-21-18-19-7-3-8-20-18/h2,5-6,15H,3-4,7-14H2,1H3,(H2,19,20,21). The van der Waals surface area contributed by atoms with Crippen molar-refractivity contribution < 1.29 is 0 Å². The first-order valence-corrected chi connectivity index (χ1v) is 8.87. The molecule has 0 radical (unpaired) electrons. The third-order valence-electron chi connectivity index (χ3n) is 4.58. The monoisotopic (exact) mass is 315 g/mol. The van der Waals surface area contributed by atoms with Crippen molar-refractivity contribution in [1.82, 2.24) is 15.5 Å². The van der Waals surface area contributed by atoms with Crippen molar-refractivity contribution in [3.8, 4) is 0 Å². The molecule has 2 aliphatic rings. The summed E-state index contributed by atoms with van der Waals surface area (Å²) in [5.74, 6) is 0.987. The molecule has 0 bridgehead atoms. The lowest BCUT2D eigenvalue weighted by atomic mass is 10.2. The number of aliphatic imine (C=N–C) groups is 1. The van der Waals surface area contributed by atoms with Gasteiger partial charge in [0.1, 0.15) is 0 Å². The van der Waals surface area contributed by atoms with Crippen LogP contribution in [0.1, 0.15) is 18.4 Å². The van der Waals surface area contributed by atoms with E-state index in [1.165, 1.54) is 24.2 Å². The summed E-state index contributed by atoms with van der Waals surface area (Å²) in [7, 11) is 0. The van der Waals surface area contributed by atoms with Crippen molar-refractivity contribution in [2.75, 3.05) is 57.3 Å². The van der Waals surface area contributed by atoms with Gasteiger partial charge in [-0.3, -0.25) is 9.89 Å². The van der Waals surface area contributed by atoms with Crippen molar-refractivity contribution in [2.24, 2.45) is 4.99 Å². The van der Waals surface area contributed by atoms with Crippen molar-refractivity contribution >= 4 is 11.6 Å². The summed E-state index contributed by atoms with van der Waals surface area (Å²) in [4.78, 5) is 9.51. The van der Waals surface area contributed by atoms with E-state index in [4.69, 9.17) is 0 Å². The Morgan fingerprint density at radius 2 is 2.09 bits per heavy atom. The fraction of sp³-hybridized carbons (Fsp3) is 0.611. The molecule has 3 rings (SSSR count). The average molecular weight is 315 g/mol. The maximum Gasteiger partial charge on any atom is 0.191 e. The highest BCUT2D eigenvalue weighted by atomic mass is 15.3. The second-order valence-electron chi connectivity index (χ2n) is 6.46. The van der Waals surface area contributed by atoms with Gasteiger partial charge in [-0.05, 0) is 44.0 Å². The Labute approximate surface area is 139 Å². The third kappa shape index (κ3) is 4.86. The van der Waals surface area contributed by atoms with Gasteiger partial charge in [-0.2, -0.15) is 0 Å². The topological polar surface area (TPSA) is 42.9 Å². The van der Waals surface area contributed by atoms with Crippen molar-refractivity contribution in [1.29, 1.82) is 0 Å². The number of aryl methyl sites for hydroxylation is 1. The number of rotatable bonds is 5. The number of hydrogen-bond acceptors (Lipinski definition) is 5. The zero-order valence-corrected chi connectivity index (χ0v) is 14.2. The summed E-state index contributed by atoms with van der Waals surface area (Å²) >= 11 is 0. The summed E-state index contributed by atoms with van der Waals surface area (Å²) < 4.78 is 0. The third-order valence-corrected chi connectivity index (χ3v) is 4.58. The van der Waals surface area contributed by atoms with Gasteiger partial charge in [0.05, 0.1) is 0 Å². The molecule has 0 spiro atoms. The largest absolute Gasteiger partial charge is 0.369 e. The van der Waals surface area contributed by atoms with E-state index >= 15 is 0 Å². The lowest BCUT2D eigenvalue weighted by Gasteiger charge is -2.36. The highest BCUT2D eigenvalue weighted by Crippen LogP contribution is 2.17. The van der Waals surface area contributed by atoms with Crippen LogP contribution in [-0.2, 0) is 0 Å². The normalized spacial score (nSPS) is 19.2. The van der Waals surface area contributed by atoms with Gasteiger partial charge in [0.25, 0.3) is 0 Å². The first-order chi connectivity index (χ1) is 11.3. The Morgan fingerprint density at radius 1 is 1.22 bits per heavy atom. The lowest BCUT2D eigenvalue weighted by molar-refractivity contribution is 0.255. The van der Waals surface area contributed by atoms with E-state index in [0.717, 1.165) is 58.2 Å². The van der Waals surface area contributed by atoms with Gasteiger partial charge >= 0.3 is 0 Å². The molecule has 1 aromatic carbocycles. The Hall–Kier alpha value is -1.75. The van der Waals surface area contributed by atoms with Gasteiger partial charge in [0, 0.05) is 51.5 Å². The number of benzene rings is 1. The van der Waals surface area contributed by atoms with Crippen LogP contribution in [0.2, 0.25) is 0 Å². The zero-order chi connectivity index (χ0) is 15.9. The van der Waals surface area contributed by atoms with E-state index in [-0.39, 0.29) is 0 Å². The minimum atomic E-state index is 0.955. The fourth-order valence-electron chi connectivity index (χ4n) is 3.21. The molecule has 1 fully saturated rings. The Bertz CT molecular complexity index is 520. The first-order valence-electron chi connectivity index (χ1n) is 8.87. The molecule has 0 amide bonds. The molecule has 0 atom stereocenters. The Morgan fingerprint density at radius 3 is 2.83 bits per heavy atom. The van der Waals surface area contributed by atoms with Gasteiger partial charge in [-0.1, -0.05) is 12.1 Å². The zero-order valence-electron chi connectivity index (χ0n) is 14.2. The van der Waals surface area contributed by atoms with Crippen LogP contribution in [0.3, 0.4) is 0 Å². The number of hydrogen-bond donors (Lipinski definition) is 2. The molecule has 23 heavy (non-hydrogen) atoms. The van der Waals surface area contributed by atoms with Gasteiger partial charge in [0.2, 0.25) is 0 Å². The first kappa shape index (κ1) is 16.1. The minimum Gasteiger partial charge on any atom is -0.369 e. The Balaban J connectivity index is 1.34. The molecule has 5 nitrogen and oxygen atoms in total. The average Bonchev–Trinajstić information content (AvgIpc) is 2.60. The quantitative estimate of drug-likeness (QED) is 0.807. The van der Waals surface area contributed by atoms with E-state index in [2.05, 4.69) is 56.6 Å². The van der Waals surface area contributed by atoms with E-state index in [1.807, 2.05) is 0 Å². The molecule has 0 aliphatic carbocycles. The maximum absolute atomic E-state index is 4.44. The molecule has 2 heterocycles.